The van der Waals surface area contributed by atoms with Crippen molar-refractivity contribution in [2.75, 3.05) is 5.32 Å². The van der Waals surface area contributed by atoms with Gasteiger partial charge in [0, 0.05) is 0 Å². The van der Waals surface area contributed by atoms with Gasteiger partial charge in [0.1, 0.15) is 23.5 Å². The summed E-state index contributed by atoms with van der Waals surface area (Å²) in [5.74, 6) is 0.337. The first kappa shape index (κ1) is 21.3. The zero-order chi connectivity index (χ0) is 23.1. The number of hydrogen-bond donors (Lipinski definition) is 2. The summed E-state index contributed by atoms with van der Waals surface area (Å²) in [7, 11) is 0. The zero-order valence-electron chi connectivity index (χ0n) is 17.2. The van der Waals surface area contributed by atoms with Crippen LogP contribution in [0.5, 0.6) is 0 Å². The van der Waals surface area contributed by atoms with E-state index in [0.29, 0.717) is 40.4 Å². The molecule has 5 rings (SSSR count). The van der Waals surface area contributed by atoms with Crippen molar-refractivity contribution in [1.29, 1.82) is 0 Å². The topological polar surface area (TPSA) is 101 Å². The number of nitrogens with zero attached hydrogens (tertiary/aromatic N) is 5. The number of aromatic nitrogens is 6. The van der Waals surface area contributed by atoms with Gasteiger partial charge in [0.25, 0.3) is 5.56 Å². The van der Waals surface area contributed by atoms with E-state index in [0.717, 1.165) is 6.07 Å². The van der Waals surface area contributed by atoms with Crippen molar-refractivity contribution in [3.63, 3.8) is 0 Å². The van der Waals surface area contributed by atoms with Crippen LogP contribution in [0, 0.1) is 5.82 Å². The van der Waals surface area contributed by atoms with E-state index in [9.17, 15) is 9.18 Å². The average Bonchev–Trinajstić information content (AvgIpc) is 3.30. The molecule has 0 aliphatic rings. The Labute approximate surface area is 196 Å². The third-order valence-corrected chi connectivity index (χ3v) is 6.09. The van der Waals surface area contributed by atoms with Crippen LogP contribution in [0.4, 0.5) is 10.2 Å². The summed E-state index contributed by atoms with van der Waals surface area (Å²) in [5, 5.41) is 3.92. The second-order valence-corrected chi connectivity index (χ2v) is 8.06. The molecule has 0 unspecified atom stereocenters. The van der Waals surface area contributed by atoms with E-state index in [-0.39, 0.29) is 15.4 Å². The molecule has 33 heavy (non-hydrogen) atoms. The lowest BCUT2D eigenvalue weighted by molar-refractivity contribution is 0.628. The van der Waals surface area contributed by atoms with Gasteiger partial charge in [-0.25, -0.2) is 24.3 Å². The molecule has 3 aromatic heterocycles. The number of H-pyrrole nitrogens is 1. The number of halogens is 3. The van der Waals surface area contributed by atoms with Gasteiger partial charge in [-0.2, -0.15) is 0 Å². The maximum atomic E-state index is 14.0. The fourth-order valence-electron chi connectivity index (χ4n) is 3.70. The molecule has 0 bridgehead atoms. The van der Waals surface area contributed by atoms with E-state index in [2.05, 4.69) is 25.3 Å². The molecule has 0 aliphatic carbocycles. The summed E-state index contributed by atoms with van der Waals surface area (Å²) in [6.45, 7) is 1.94. The molecule has 0 saturated heterocycles. The number of aromatic amines is 1. The SMILES string of the molecule is CC[C@H](Nc1ncnc2nc[nH]c12)c1nc2ccc(F)cc2c(=O)n1-c1cccc(Cl)c1Cl. The number of imidazole rings is 1. The molecule has 0 amide bonds. The van der Waals surface area contributed by atoms with E-state index < -0.39 is 17.4 Å². The average molecular weight is 484 g/mol. The highest BCUT2D eigenvalue weighted by molar-refractivity contribution is 6.43. The Morgan fingerprint density at radius 1 is 1.18 bits per heavy atom. The quantitative estimate of drug-likeness (QED) is 0.362. The molecule has 5 aromatic rings. The summed E-state index contributed by atoms with van der Waals surface area (Å²) < 4.78 is 15.3. The van der Waals surface area contributed by atoms with Crippen molar-refractivity contribution in [2.24, 2.45) is 0 Å². The zero-order valence-corrected chi connectivity index (χ0v) is 18.7. The molecule has 3 heterocycles. The number of nitrogens with one attached hydrogen (secondary N) is 2. The van der Waals surface area contributed by atoms with Crippen molar-refractivity contribution >= 4 is 51.1 Å². The van der Waals surface area contributed by atoms with Gasteiger partial charge in [-0.3, -0.25) is 9.36 Å². The minimum atomic E-state index is -0.536. The molecule has 8 nitrogen and oxygen atoms in total. The van der Waals surface area contributed by atoms with Gasteiger partial charge in [-0.05, 0) is 36.8 Å². The van der Waals surface area contributed by atoms with Crippen LogP contribution in [0.15, 0.2) is 53.8 Å². The van der Waals surface area contributed by atoms with Crippen LogP contribution in [-0.2, 0) is 0 Å². The van der Waals surface area contributed by atoms with Gasteiger partial charge in [0.2, 0.25) is 0 Å². The first-order chi connectivity index (χ1) is 16.0. The Bertz CT molecular complexity index is 1570. The van der Waals surface area contributed by atoms with Crippen LogP contribution in [0.3, 0.4) is 0 Å². The molecular formula is C22H16Cl2FN7O. The summed E-state index contributed by atoms with van der Waals surface area (Å²) >= 11 is 12.7. The Hall–Kier alpha value is -3.56. The van der Waals surface area contributed by atoms with Crippen molar-refractivity contribution in [1.82, 2.24) is 29.5 Å². The highest BCUT2D eigenvalue weighted by atomic mass is 35.5. The van der Waals surface area contributed by atoms with E-state index in [1.165, 1.54) is 29.4 Å². The number of rotatable bonds is 5. The van der Waals surface area contributed by atoms with Crippen molar-refractivity contribution in [2.45, 2.75) is 19.4 Å². The fourth-order valence-corrected chi connectivity index (χ4v) is 4.08. The minimum absolute atomic E-state index is 0.127. The standard InChI is InChI=1S/C22H16Cl2FN7O/c1-2-14(30-20-18-19(27-9-26-18)28-10-29-20)21-31-15-7-6-11(25)8-12(15)22(33)32(21)16-5-3-4-13(23)17(16)24/h3-10,14H,2H2,1H3,(H2,26,27,28,29,30)/t14-/m0/s1. The first-order valence-electron chi connectivity index (χ1n) is 10.0. The molecule has 0 saturated carbocycles. The molecule has 0 spiro atoms. The summed E-state index contributed by atoms with van der Waals surface area (Å²) in [5.41, 5.74) is 1.36. The smallest absolute Gasteiger partial charge is 0.266 e. The van der Waals surface area contributed by atoms with Crippen LogP contribution < -0.4 is 10.9 Å². The Balaban J connectivity index is 1.76. The van der Waals surface area contributed by atoms with Crippen LogP contribution in [0.25, 0.3) is 27.8 Å². The summed E-state index contributed by atoms with van der Waals surface area (Å²) in [6, 6.07) is 8.41. The summed E-state index contributed by atoms with van der Waals surface area (Å²) in [4.78, 5) is 33.9. The van der Waals surface area contributed by atoms with E-state index in [1.807, 2.05) is 6.92 Å². The number of anilines is 1. The molecule has 2 aromatic carbocycles. The van der Waals surface area contributed by atoms with Gasteiger partial charge in [0.05, 0.1) is 39.0 Å². The van der Waals surface area contributed by atoms with E-state index in [1.54, 1.807) is 18.2 Å². The predicted octanol–water partition coefficient (Wildman–Crippen LogP) is 5.06. The third-order valence-electron chi connectivity index (χ3n) is 5.28. The van der Waals surface area contributed by atoms with Gasteiger partial charge in [-0.15, -0.1) is 0 Å². The van der Waals surface area contributed by atoms with Gasteiger partial charge >= 0.3 is 0 Å². The molecule has 2 N–H and O–H groups in total. The number of benzene rings is 2. The largest absolute Gasteiger partial charge is 0.358 e. The molecule has 1 atom stereocenters. The molecule has 0 aliphatic heterocycles. The van der Waals surface area contributed by atoms with E-state index in [4.69, 9.17) is 28.2 Å². The van der Waals surface area contributed by atoms with Crippen LogP contribution in [0.1, 0.15) is 25.2 Å². The highest BCUT2D eigenvalue weighted by Gasteiger charge is 2.23. The maximum absolute atomic E-state index is 14.0. The van der Waals surface area contributed by atoms with Crippen molar-refractivity contribution in [3.8, 4) is 5.69 Å². The molecule has 166 valence electrons. The number of hydrogen-bond acceptors (Lipinski definition) is 6. The van der Waals surface area contributed by atoms with Crippen molar-refractivity contribution < 1.29 is 4.39 Å². The lowest BCUT2D eigenvalue weighted by atomic mass is 10.1. The lowest BCUT2D eigenvalue weighted by Gasteiger charge is -2.23. The minimum Gasteiger partial charge on any atom is -0.358 e. The fraction of sp³-hybridized carbons (Fsp3) is 0.136. The van der Waals surface area contributed by atoms with Crippen molar-refractivity contribution in [3.05, 3.63) is 81.1 Å². The lowest BCUT2D eigenvalue weighted by Crippen LogP contribution is -2.28. The summed E-state index contributed by atoms with van der Waals surface area (Å²) in [6.07, 6.45) is 3.46. The predicted molar refractivity (Wildman–Crippen MR) is 126 cm³/mol. The third kappa shape index (κ3) is 3.69. The molecule has 11 heteroatoms. The second-order valence-electron chi connectivity index (χ2n) is 7.27. The Kier molecular flexibility index (Phi) is 5.43. The Morgan fingerprint density at radius 3 is 2.85 bits per heavy atom. The first-order valence-corrected chi connectivity index (χ1v) is 10.8. The van der Waals surface area contributed by atoms with Crippen LogP contribution in [0.2, 0.25) is 10.0 Å². The van der Waals surface area contributed by atoms with Gasteiger partial charge in [0.15, 0.2) is 11.5 Å². The number of fused-ring (bicyclic) bond motifs is 2. The van der Waals surface area contributed by atoms with E-state index >= 15 is 0 Å². The maximum Gasteiger partial charge on any atom is 0.266 e. The van der Waals surface area contributed by atoms with Crippen LogP contribution >= 0.6 is 23.2 Å². The highest BCUT2D eigenvalue weighted by Crippen LogP contribution is 2.31. The Morgan fingerprint density at radius 2 is 2.03 bits per heavy atom. The normalized spacial score (nSPS) is 12.4. The molecule has 0 fully saturated rings. The second kappa shape index (κ2) is 8.42. The monoisotopic (exact) mass is 483 g/mol. The van der Waals surface area contributed by atoms with Gasteiger partial charge in [-0.1, -0.05) is 36.2 Å². The van der Waals surface area contributed by atoms with Gasteiger partial charge < -0.3 is 10.3 Å². The molecular weight excluding hydrogens is 468 g/mol. The van der Waals surface area contributed by atoms with Crippen LogP contribution in [-0.4, -0.2) is 29.5 Å². The molecule has 0 radical (unpaired) electrons.